The summed E-state index contributed by atoms with van der Waals surface area (Å²) in [5.74, 6) is -0.195. The second kappa shape index (κ2) is 8.29. The largest absolute Gasteiger partial charge is 0.386 e. The van der Waals surface area contributed by atoms with Crippen LogP contribution in [0.3, 0.4) is 0 Å². The quantitative estimate of drug-likeness (QED) is 0.651. The second-order valence-corrected chi connectivity index (χ2v) is 6.64. The van der Waals surface area contributed by atoms with Gasteiger partial charge in [-0.25, -0.2) is 0 Å². The molecule has 0 atom stereocenters. The molecule has 0 aliphatic carbocycles. The lowest BCUT2D eigenvalue weighted by Gasteiger charge is -2.18. The third-order valence-electron chi connectivity index (χ3n) is 3.58. The lowest BCUT2D eigenvalue weighted by atomic mass is 9.87. The van der Waals surface area contributed by atoms with E-state index in [0.29, 0.717) is 6.54 Å². The third kappa shape index (κ3) is 5.88. The Hall–Kier alpha value is -2.62. The summed E-state index contributed by atoms with van der Waals surface area (Å²) in [5.41, 5.74) is 3.38. The molecule has 1 N–H and O–H groups in total. The molecule has 0 bridgehead atoms. The molecule has 0 fully saturated rings. The number of nitrogens with zero attached hydrogens (tertiary/aromatic N) is 1. The topological polar surface area (TPSA) is 50.7 Å². The molecule has 0 aromatic heterocycles. The zero-order chi connectivity index (χ0) is 17.4. The Bertz CT molecular complexity index is 671. The van der Waals surface area contributed by atoms with Crippen LogP contribution in [0.15, 0.2) is 59.8 Å². The Morgan fingerprint density at radius 2 is 1.75 bits per heavy atom. The van der Waals surface area contributed by atoms with E-state index in [2.05, 4.69) is 43.4 Å². The third-order valence-corrected chi connectivity index (χ3v) is 3.58. The lowest BCUT2D eigenvalue weighted by Crippen LogP contribution is -2.26. The summed E-state index contributed by atoms with van der Waals surface area (Å²) >= 11 is 0. The highest BCUT2D eigenvalue weighted by Crippen LogP contribution is 2.21. The normalized spacial score (nSPS) is 11.5. The minimum atomic E-state index is -0.195. The number of hydrogen-bond donors (Lipinski definition) is 1. The number of amides is 1. The van der Waals surface area contributed by atoms with Crippen LogP contribution in [0.25, 0.3) is 0 Å². The van der Waals surface area contributed by atoms with Crippen molar-refractivity contribution in [2.24, 2.45) is 5.16 Å². The van der Waals surface area contributed by atoms with Crippen molar-refractivity contribution in [1.29, 1.82) is 0 Å². The summed E-state index contributed by atoms with van der Waals surface area (Å²) < 4.78 is 0. The van der Waals surface area contributed by atoms with E-state index in [-0.39, 0.29) is 17.9 Å². The summed E-state index contributed by atoms with van der Waals surface area (Å²) in [5, 5.41) is 6.63. The summed E-state index contributed by atoms with van der Waals surface area (Å²) in [4.78, 5) is 16.7. The van der Waals surface area contributed by atoms with E-state index < -0.39 is 0 Å². The van der Waals surface area contributed by atoms with Gasteiger partial charge in [0.05, 0.1) is 6.21 Å². The maximum Gasteiger partial charge on any atom is 0.261 e. The first-order chi connectivity index (χ1) is 11.4. The van der Waals surface area contributed by atoms with Crippen molar-refractivity contribution in [3.05, 3.63) is 71.3 Å². The van der Waals surface area contributed by atoms with Crippen LogP contribution in [0, 0.1) is 0 Å². The molecule has 0 radical (unpaired) electrons. The van der Waals surface area contributed by atoms with Crippen molar-refractivity contribution in [3.8, 4) is 0 Å². The van der Waals surface area contributed by atoms with Gasteiger partial charge in [0.2, 0.25) is 0 Å². The molecule has 0 aliphatic heterocycles. The van der Waals surface area contributed by atoms with E-state index in [0.717, 1.165) is 11.1 Å². The molecule has 4 nitrogen and oxygen atoms in total. The SMILES string of the molecule is CC(C)(C)c1ccc(/C=N\OCC(=O)NCc2ccccc2)cc1. The van der Waals surface area contributed by atoms with Gasteiger partial charge in [-0.15, -0.1) is 0 Å². The van der Waals surface area contributed by atoms with Crippen LogP contribution in [0.4, 0.5) is 0 Å². The maximum absolute atomic E-state index is 11.7. The lowest BCUT2D eigenvalue weighted by molar-refractivity contribution is -0.125. The summed E-state index contributed by atoms with van der Waals surface area (Å²) in [6, 6.07) is 17.9. The van der Waals surface area contributed by atoms with Crippen LogP contribution in [0.5, 0.6) is 0 Å². The molecule has 1 amide bonds. The number of rotatable bonds is 6. The average Bonchev–Trinajstić information content (AvgIpc) is 2.57. The molecular formula is C20H24N2O2. The zero-order valence-electron chi connectivity index (χ0n) is 14.5. The van der Waals surface area contributed by atoms with Gasteiger partial charge in [-0.2, -0.15) is 0 Å². The number of hydrogen-bond acceptors (Lipinski definition) is 3. The van der Waals surface area contributed by atoms with E-state index in [1.54, 1.807) is 6.21 Å². The van der Waals surface area contributed by atoms with E-state index >= 15 is 0 Å². The number of nitrogens with one attached hydrogen (secondary N) is 1. The van der Waals surface area contributed by atoms with Crippen molar-refractivity contribution >= 4 is 12.1 Å². The number of oxime groups is 1. The van der Waals surface area contributed by atoms with Crippen molar-refractivity contribution in [2.45, 2.75) is 32.7 Å². The van der Waals surface area contributed by atoms with Crippen molar-refractivity contribution in [1.82, 2.24) is 5.32 Å². The highest BCUT2D eigenvalue weighted by atomic mass is 16.6. The van der Waals surface area contributed by atoms with Crippen LogP contribution >= 0.6 is 0 Å². The van der Waals surface area contributed by atoms with Crippen LogP contribution in [-0.4, -0.2) is 18.7 Å². The standard InChI is InChI=1S/C20H24N2O2/c1-20(2,3)18-11-9-17(10-12-18)14-22-24-15-19(23)21-13-16-7-5-4-6-8-16/h4-12,14H,13,15H2,1-3H3,(H,21,23)/b22-14-. The minimum absolute atomic E-state index is 0.0938. The van der Waals surface area contributed by atoms with Gasteiger partial charge in [-0.3, -0.25) is 4.79 Å². The second-order valence-electron chi connectivity index (χ2n) is 6.64. The van der Waals surface area contributed by atoms with Gasteiger partial charge in [-0.05, 0) is 22.1 Å². The van der Waals surface area contributed by atoms with Gasteiger partial charge in [0.1, 0.15) is 0 Å². The van der Waals surface area contributed by atoms with Crippen LogP contribution < -0.4 is 5.32 Å². The molecule has 2 rings (SSSR count). The Balaban J connectivity index is 1.73. The highest BCUT2D eigenvalue weighted by molar-refractivity contribution is 5.79. The van der Waals surface area contributed by atoms with Gasteiger partial charge in [-0.1, -0.05) is 80.5 Å². The molecule has 0 saturated carbocycles. The number of benzene rings is 2. The van der Waals surface area contributed by atoms with E-state index in [9.17, 15) is 4.79 Å². The monoisotopic (exact) mass is 324 g/mol. The van der Waals surface area contributed by atoms with E-state index in [1.807, 2.05) is 42.5 Å². The average molecular weight is 324 g/mol. The summed E-state index contributed by atoms with van der Waals surface area (Å²) in [6.45, 7) is 6.91. The van der Waals surface area contributed by atoms with Crippen LogP contribution in [-0.2, 0) is 21.6 Å². The maximum atomic E-state index is 11.7. The molecule has 0 saturated heterocycles. The first-order valence-corrected chi connectivity index (χ1v) is 8.01. The minimum Gasteiger partial charge on any atom is -0.386 e. The van der Waals surface area contributed by atoms with Gasteiger partial charge in [0.25, 0.3) is 5.91 Å². The van der Waals surface area contributed by atoms with Gasteiger partial charge >= 0.3 is 0 Å². The van der Waals surface area contributed by atoms with Gasteiger partial charge in [0, 0.05) is 6.54 Å². The smallest absolute Gasteiger partial charge is 0.261 e. The molecule has 0 heterocycles. The van der Waals surface area contributed by atoms with Gasteiger partial charge < -0.3 is 10.2 Å². The van der Waals surface area contributed by atoms with Gasteiger partial charge in [0.15, 0.2) is 6.61 Å². The zero-order valence-corrected chi connectivity index (χ0v) is 14.5. The van der Waals surface area contributed by atoms with E-state index in [4.69, 9.17) is 4.84 Å². The molecule has 126 valence electrons. The molecule has 0 aliphatic rings. The highest BCUT2D eigenvalue weighted by Gasteiger charge is 2.12. The first kappa shape index (κ1) is 17.7. The first-order valence-electron chi connectivity index (χ1n) is 8.01. The van der Waals surface area contributed by atoms with Crippen molar-refractivity contribution < 1.29 is 9.63 Å². The van der Waals surface area contributed by atoms with Crippen molar-refractivity contribution in [3.63, 3.8) is 0 Å². The molecule has 0 spiro atoms. The predicted octanol–water partition coefficient (Wildman–Crippen LogP) is 3.65. The molecule has 4 heteroatoms. The fraction of sp³-hybridized carbons (Fsp3) is 0.300. The Morgan fingerprint density at radius 1 is 1.08 bits per heavy atom. The fourth-order valence-corrected chi connectivity index (χ4v) is 2.11. The predicted molar refractivity (Wildman–Crippen MR) is 97.0 cm³/mol. The Labute approximate surface area is 143 Å². The molecule has 0 unspecified atom stereocenters. The van der Waals surface area contributed by atoms with Crippen LogP contribution in [0.2, 0.25) is 0 Å². The molecule has 2 aromatic carbocycles. The Kier molecular flexibility index (Phi) is 6.13. The Morgan fingerprint density at radius 3 is 2.38 bits per heavy atom. The molecule has 2 aromatic rings. The van der Waals surface area contributed by atoms with Crippen LogP contribution in [0.1, 0.15) is 37.5 Å². The number of carbonyl (C=O) groups excluding carboxylic acids is 1. The summed E-state index contributed by atoms with van der Waals surface area (Å²) in [6.07, 6.45) is 1.61. The van der Waals surface area contributed by atoms with E-state index in [1.165, 1.54) is 5.56 Å². The summed E-state index contributed by atoms with van der Waals surface area (Å²) in [7, 11) is 0. The molecule has 24 heavy (non-hydrogen) atoms. The van der Waals surface area contributed by atoms with Crippen molar-refractivity contribution in [2.75, 3.05) is 6.61 Å². The molecular weight excluding hydrogens is 300 g/mol. The fourth-order valence-electron chi connectivity index (χ4n) is 2.11. The number of carbonyl (C=O) groups is 1.